The molecule has 0 radical (unpaired) electrons. The van der Waals surface area contributed by atoms with Gasteiger partial charge in [-0.2, -0.15) is 0 Å². The summed E-state index contributed by atoms with van der Waals surface area (Å²) >= 11 is 0. The van der Waals surface area contributed by atoms with E-state index in [1.54, 1.807) is 6.20 Å². The molecule has 1 aromatic carbocycles. The quantitative estimate of drug-likeness (QED) is 0.658. The lowest BCUT2D eigenvalue weighted by Crippen LogP contribution is -2.59. The first kappa shape index (κ1) is 17.1. The Bertz CT molecular complexity index is 760. The highest BCUT2D eigenvalue weighted by atomic mass is 15.5. The minimum absolute atomic E-state index is 0.315. The van der Waals surface area contributed by atoms with Crippen LogP contribution in [-0.2, 0) is 6.42 Å². The first-order chi connectivity index (χ1) is 12.6. The van der Waals surface area contributed by atoms with E-state index in [0.29, 0.717) is 12.0 Å². The molecule has 1 unspecified atom stereocenters. The maximum atomic E-state index is 6.81. The molecule has 1 aromatic heterocycles. The van der Waals surface area contributed by atoms with Crippen molar-refractivity contribution in [3.63, 3.8) is 0 Å². The van der Waals surface area contributed by atoms with Crippen LogP contribution >= 0.6 is 0 Å². The summed E-state index contributed by atoms with van der Waals surface area (Å²) < 4.78 is 1.94. The fraction of sp³-hybridized carbons (Fsp3) is 0.450. The van der Waals surface area contributed by atoms with Crippen LogP contribution in [0.5, 0.6) is 0 Å². The predicted octanol–water partition coefficient (Wildman–Crippen LogP) is 1.79. The molecule has 6 heteroatoms. The van der Waals surface area contributed by atoms with Crippen LogP contribution in [0, 0.1) is 5.92 Å². The van der Waals surface area contributed by atoms with Gasteiger partial charge in [0.1, 0.15) is 5.66 Å². The van der Waals surface area contributed by atoms with Gasteiger partial charge in [0.15, 0.2) is 5.82 Å². The highest BCUT2D eigenvalue weighted by Crippen LogP contribution is 2.34. The molecule has 1 aliphatic heterocycles. The molecule has 2 heterocycles. The molecule has 6 nitrogen and oxygen atoms in total. The monoisotopic (exact) mass is 352 g/mol. The molecule has 1 aliphatic carbocycles. The zero-order chi connectivity index (χ0) is 18.0. The number of nitrogens with one attached hydrogen (secondary N) is 2. The number of aromatic nitrogens is 2. The maximum absolute atomic E-state index is 6.81. The van der Waals surface area contributed by atoms with E-state index < -0.39 is 5.66 Å². The highest BCUT2D eigenvalue weighted by Gasteiger charge is 2.39. The summed E-state index contributed by atoms with van der Waals surface area (Å²) in [6.07, 6.45) is 11.0. The average molecular weight is 352 g/mol. The number of hydrogen-bond donors (Lipinski definition) is 4. The Morgan fingerprint density at radius 2 is 1.96 bits per heavy atom. The Kier molecular flexibility index (Phi) is 4.70. The van der Waals surface area contributed by atoms with E-state index in [9.17, 15) is 0 Å². The van der Waals surface area contributed by atoms with Crippen LogP contribution in [-0.4, -0.2) is 27.9 Å². The van der Waals surface area contributed by atoms with Crippen molar-refractivity contribution in [1.82, 2.24) is 15.0 Å². The Balaban J connectivity index is 1.50. The van der Waals surface area contributed by atoms with Gasteiger partial charge in [-0.25, -0.2) is 9.66 Å². The molecular formula is C20H28N6. The topological polar surface area (TPSA) is 93.9 Å². The van der Waals surface area contributed by atoms with Gasteiger partial charge in [-0.05, 0) is 43.7 Å². The first-order valence-corrected chi connectivity index (χ1v) is 9.51. The standard InChI is InChI=1S/C20H28N6/c21-17-8-6-16(7-9-17)20(22)14-18(19-24-12-13-26(19)25-20)23-11-10-15-4-2-1-3-5-15/h1-5,12-14,16-17,23,25H,6-11,21-22H2. The van der Waals surface area contributed by atoms with Crippen molar-refractivity contribution in [1.29, 1.82) is 0 Å². The van der Waals surface area contributed by atoms with Gasteiger partial charge in [0, 0.05) is 30.9 Å². The van der Waals surface area contributed by atoms with Crippen LogP contribution in [0.4, 0.5) is 0 Å². The number of rotatable bonds is 5. The Labute approximate surface area is 154 Å². The van der Waals surface area contributed by atoms with E-state index >= 15 is 0 Å². The molecule has 2 aromatic rings. The molecule has 1 atom stereocenters. The molecule has 1 saturated carbocycles. The third-order valence-electron chi connectivity index (χ3n) is 5.60. The van der Waals surface area contributed by atoms with Crippen LogP contribution in [0.2, 0.25) is 0 Å². The number of imidazole rings is 1. The smallest absolute Gasteiger partial charge is 0.174 e. The fourth-order valence-electron chi connectivity index (χ4n) is 4.06. The molecule has 0 spiro atoms. The summed E-state index contributed by atoms with van der Waals surface area (Å²) in [7, 11) is 0. The zero-order valence-electron chi connectivity index (χ0n) is 15.1. The lowest BCUT2D eigenvalue weighted by atomic mass is 9.78. The molecule has 1 fully saturated rings. The van der Waals surface area contributed by atoms with E-state index in [2.05, 4.69) is 46.1 Å². The maximum Gasteiger partial charge on any atom is 0.174 e. The highest BCUT2D eigenvalue weighted by molar-refractivity contribution is 5.63. The first-order valence-electron chi connectivity index (χ1n) is 9.51. The summed E-state index contributed by atoms with van der Waals surface area (Å²) in [5.41, 5.74) is 18.1. The van der Waals surface area contributed by atoms with Gasteiger partial charge in [-0.15, -0.1) is 0 Å². The third kappa shape index (κ3) is 3.48. The predicted molar refractivity (Wildman–Crippen MR) is 105 cm³/mol. The molecule has 0 bridgehead atoms. The molecule has 0 amide bonds. The van der Waals surface area contributed by atoms with Crippen molar-refractivity contribution < 1.29 is 0 Å². The van der Waals surface area contributed by atoms with E-state index in [1.807, 2.05) is 16.9 Å². The van der Waals surface area contributed by atoms with Crippen molar-refractivity contribution in [2.45, 2.75) is 43.8 Å². The summed E-state index contributed by atoms with van der Waals surface area (Å²) in [6, 6.07) is 10.8. The van der Waals surface area contributed by atoms with Gasteiger partial charge in [-0.3, -0.25) is 0 Å². The average Bonchev–Trinajstić information content (AvgIpc) is 3.11. The van der Waals surface area contributed by atoms with Gasteiger partial charge < -0.3 is 22.2 Å². The SMILES string of the molecule is NC1CCC(C2(N)C=C(NCCc3ccccc3)c3nccn3N2)CC1. The van der Waals surface area contributed by atoms with Crippen molar-refractivity contribution in [3.8, 4) is 0 Å². The van der Waals surface area contributed by atoms with Crippen molar-refractivity contribution in [3.05, 3.63) is 60.2 Å². The second-order valence-corrected chi connectivity index (χ2v) is 7.50. The summed E-state index contributed by atoms with van der Waals surface area (Å²) in [5, 5.41) is 3.55. The second kappa shape index (κ2) is 7.13. The van der Waals surface area contributed by atoms with Gasteiger partial charge in [-0.1, -0.05) is 30.3 Å². The summed E-state index contributed by atoms with van der Waals surface area (Å²) in [4.78, 5) is 4.48. The number of benzene rings is 1. The van der Waals surface area contributed by atoms with E-state index in [4.69, 9.17) is 11.5 Å². The normalized spacial score (nSPS) is 28.0. The van der Waals surface area contributed by atoms with Crippen LogP contribution in [0.1, 0.15) is 37.1 Å². The number of hydrogen-bond acceptors (Lipinski definition) is 5. The van der Waals surface area contributed by atoms with Crippen molar-refractivity contribution >= 4 is 5.70 Å². The fourth-order valence-corrected chi connectivity index (χ4v) is 4.06. The van der Waals surface area contributed by atoms with Gasteiger partial charge >= 0.3 is 0 Å². The van der Waals surface area contributed by atoms with Crippen LogP contribution in [0.25, 0.3) is 5.70 Å². The largest absolute Gasteiger partial charge is 0.382 e. The lowest BCUT2D eigenvalue weighted by molar-refractivity contribution is 0.238. The van der Waals surface area contributed by atoms with E-state index in [1.165, 1.54) is 5.56 Å². The number of nitrogens with zero attached hydrogens (tertiary/aromatic N) is 2. The van der Waals surface area contributed by atoms with Crippen molar-refractivity contribution in [2.75, 3.05) is 12.0 Å². The van der Waals surface area contributed by atoms with Crippen LogP contribution in [0.3, 0.4) is 0 Å². The van der Waals surface area contributed by atoms with Gasteiger partial charge in [0.2, 0.25) is 0 Å². The van der Waals surface area contributed by atoms with Crippen molar-refractivity contribution in [2.24, 2.45) is 17.4 Å². The van der Waals surface area contributed by atoms with Gasteiger partial charge in [0.25, 0.3) is 0 Å². The van der Waals surface area contributed by atoms with E-state index in [0.717, 1.165) is 50.2 Å². The minimum Gasteiger partial charge on any atom is -0.382 e. The lowest BCUT2D eigenvalue weighted by Gasteiger charge is -2.42. The van der Waals surface area contributed by atoms with Crippen LogP contribution in [0.15, 0.2) is 48.8 Å². The summed E-state index contributed by atoms with van der Waals surface area (Å²) in [5.74, 6) is 1.25. The Morgan fingerprint density at radius 3 is 2.73 bits per heavy atom. The molecule has 0 saturated heterocycles. The number of fused-ring (bicyclic) bond motifs is 1. The van der Waals surface area contributed by atoms with Gasteiger partial charge in [0.05, 0.1) is 5.70 Å². The molecule has 26 heavy (non-hydrogen) atoms. The minimum atomic E-state index is -0.580. The zero-order valence-corrected chi connectivity index (χ0v) is 15.1. The van der Waals surface area contributed by atoms with E-state index in [-0.39, 0.29) is 0 Å². The van der Waals surface area contributed by atoms with Crippen LogP contribution < -0.4 is 22.2 Å². The Morgan fingerprint density at radius 1 is 1.19 bits per heavy atom. The summed E-state index contributed by atoms with van der Waals surface area (Å²) in [6.45, 7) is 0.842. The molecule has 2 aliphatic rings. The molecule has 4 rings (SSSR count). The third-order valence-corrected chi connectivity index (χ3v) is 5.60. The molecule has 138 valence electrons. The molecule has 6 N–H and O–H groups in total. The molecular weight excluding hydrogens is 324 g/mol. The Hall–Kier alpha value is -2.31. The number of nitrogens with two attached hydrogens (primary N) is 2. The second-order valence-electron chi connectivity index (χ2n) is 7.50.